The number of ether oxygens (including phenoxy) is 1. The van der Waals surface area contributed by atoms with Crippen LogP contribution >= 0.6 is 0 Å². The van der Waals surface area contributed by atoms with Crippen LogP contribution in [0.4, 0.5) is 0 Å². The van der Waals surface area contributed by atoms with E-state index >= 15 is 0 Å². The van der Waals surface area contributed by atoms with Gasteiger partial charge in [0.1, 0.15) is 5.75 Å². The molecule has 1 aliphatic heterocycles. The largest absolute Gasteiger partial charge is 0.494 e. The highest BCUT2D eigenvalue weighted by Crippen LogP contribution is 2.44. The predicted octanol–water partition coefficient (Wildman–Crippen LogP) is 6.62. The number of hydrogen-bond donors (Lipinski definition) is 0. The number of benzene rings is 1. The van der Waals surface area contributed by atoms with Crippen molar-refractivity contribution in [2.45, 2.75) is 83.0 Å². The van der Waals surface area contributed by atoms with Crippen LogP contribution in [0.15, 0.2) is 24.3 Å². The summed E-state index contributed by atoms with van der Waals surface area (Å²) in [5.41, 5.74) is 1.47. The lowest BCUT2D eigenvalue weighted by molar-refractivity contribution is 0.332. The molecule has 0 radical (unpaired) electrons. The van der Waals surface area contributed by atoms with Gasteiger partial charge in [0.25, 0.3) is 0 Å². The Bertz CT molecular complexity index is 435. The predicted molar refractivity (Wildman–Crippen MR) is 99.8 cm³/mol. The summed E-state index contributed by atoms with van der Waals surface area (Å²) in [4.78, 5) is 0. The molecule has 0 spiro atoms. The second-order valence-corrected chi connectivity index (χ2v) is 12.3. The molecule has 1 saturated heterocycles. The Morgan fingerprint density at radius 2 is 1.77 bits per heavy atom. The zero-order chi connectivity index (χ0) is 15.8. The van der Waals surface area contributed by atoms with Crippen LogP contribution < -0.4 is 4.74 Å². The van der Waals surface area contributed by atoms with Gasteiger partial charge >= 0.3 is 0 Å². The van der Waals surface area contributed by atoms with Crippen LogP contribution in [0.3, 0.4) is 0 Å². The van der Waals surface area contributed by atoms with E-state index in [1.54, 1.807) is 18.1 Å². The molecule has 1 aromatic rings. The van der Waals surface area contributed by atoms with Crippen molar-refractivity contribution in [3.63, 3.8) is 0 Å². The number of unbranched alkanes of at least 4 members (excludes halogenated alkanes) is 2. The maximum atomic E-state index is 5.86. The zero-order valence-corrected chi connectivity index (χ0v) is 15.9. The summed E-state index contributed by atoms with van der Waals surface area (Å²) in [7, 11) is -0.945. The third-order valence-electron chi connectivity index (χ3n) is 5.77. The van der Waals surface area contributed by atoms with Gasteiger partial charge < -0.3 is 4.74 Å². The normalized spacial score (nSPS) is 25.1. The van der Waals surface area contributed by atoms with Crippen LogP contribution in [0.2, 0.25) is 24.2 Å². The molecule has 1 heterocycles. The van der Waals surface area contributed by atoms with E-state index in [1.165, 1.54) is 43.7 Å². The Labute approximate surface area is 138 Å². The Morgan fingerprint density at radius 1 is 1.05 bits per heavy atom. The fourth-order valence-electron chi connectivity index (χ4n) is 4.18. The van der Waals surface area contributed by atoms with Crippen molar-refractivity contribution in [1.82, 2.24) is 0 Å². The van der Waals surface area contributed by atoms with Crippen molar-refractivity contribution < 1.29 is 4.74 Å². The summed E-state index contributed by atoms with van der Waals surface area (Å²) < 4.78 is 5.86. The monoisotopic (exact) mass is 318 g/mol. The topological polar surface area (TPSA) is 9.23 Å². The van der Waals surface area contributed by atoms with Crippen molar-refractivity contribution in [1.29, 1.82) is 0 Å². The van der Waals surface area contributed by atoms with Gasteiger partial charge in [-0.3, -0.25) is 0 Å². The second-order valence-electron chi connectivity index (χ2n) is 7.06. The summed E-state index contributed by atoms with van der Waals surface area (Å²) in [6.45, 7) is 7.64. The lowest BCUT2D eigenvalue weighted by Gasteiger charge is -2.38. The first kappa shape index (κ1) is 17.6. The molecule has 0 atom stereocenters. The van der Waals surface area contributed by atoms with E-state index < -0.39 is 8.07 Å². The van der Waals surface area contributed by atoms with E-state index in [9.17, 15) is 0 Å². The van der Waals surface area contributed by atoms with Crippen LogP contribution in [-0.4, -0.2) is 14.7 Å². The average molecular weight is 319 g/mol. The molecular weight excluding hydrogens is 284 g/mol. The van der Waals surface area contributed by atoms with Gasteiger partial charge in [0.2, 0.25) is 0 Å². The second kappa shape index (κ2) is 8.76. The van der Waals surface area contributed by atoms with Crippen molar-refractivity contribution in [3.8, 4) is 5.75 Å². The molecule has 124 valence electrons. The van der Waals surface area contributed by atoms with Crippen molar-refractivity contribution in [3.05, 3.63) is 29.8 Å². The Balaban J connectivity index is 1.99. The van der Waals surface area contributed by atoms with Crippen LogP contribution in [0, 0.1) is 0 Å². The third-order valence-corrected chi connectivity index (χ3v) is 11.4. The van der Waals surface area contributed by atoms with Crippen LogP contribution in [0.5, 0.6) is 5.75 Å². The summed E-state index contributed by atoms with van der Waals surface area (Å²) in [6.07, 6.45) is 7.08. The summed E-state index contributed by atoms with van der Waals surface area (Å²) >= 11 is 0. The van der Waals surface area contributed by atoms with E-state index in [-0.39, 0.29) is 0 Å². The molecular formula is C20H34OSi. The third kappa shape index (κ3) is 4.38. The number of hydrogen-bond acceptors (Lipinski definition) is 1. The highest BCUT2D eigenvalue weighted by molar-refractivity contribution is 6.80. The molecule has 2 heteroatoms. The van der Waals surface area contributed by atoms with Gasteiger partial charge in [0.15, 0.2) is 0 Å². The highest BCUT2D eigenvalue weighted by Gasteiger charge is 2.36. The van der Waals surface area contributed by atoms with Crippen LogP contribution in [0.1, 0.15) is 64.4 Å². The van der Waals surface area contributed by atoms with E-state index in [0.717, 1.165) is 18.3 Å². The first-order valence-electron chi connectivity index (χ1n) is 9.46. The van der Waals surface area contributed by atoms with Crippen molar-refractivity contribution >= 4 is 8.07 Å². The Hall–Kier alpha value is -0.763. The van der Waals surface area contributed by atoms with Gasteiger partial charge in [0, 0.05) is 0 Å². The minimum Gasteiger partial charge on any atom is -0.494 e. The van der Waals surface area contributed by atoms with Gasteiger partial charge in [-0.1, -0.05) is 75.5 Å². The molecule has 1 aromatic carbocycles. The first-order valence-corrected chi connectivity index (χ1v) is 12.3. The molecule has 1 nitrogen and oxygen atoms in total. The standard InChI is InChI=1S/C20H34OSi/c1-4-7-10-15-22(6-3)16-13-18(14-17-22)19-11-8-9-12-20(19)21-5-2/h8-9,11-12,18H,4-7,10,13-17H2,1-3H3/t18-,22-. The fraction of sp³-hybridized carbons (Fsp3) is 0.700. The molecule has 0 unspecified atom stereocenters. The number of rotatable bonds is 8. The lowest BCUT2D eigenvalue weighted by atomic mass is 9.92. The molecule has 2 rings (SSSR count). The van der Waals surface area contributed by atoms with Gasteiger partial charge in [-0.25, -0.2) is 0 Å². The molecule has 0 aromatic heterocycles. The zero-order valence-electron chi connectivity index (χ0n) is 14.9. The molecule has 0 amide bonds. The minimum absolute atomic E-state index is 0.737. The molecule has 0 aliphatic carbocycles. The maximum absolute atomic E-state index is 5.86. The van der Waals surface area contributed by atoms with Gasteiger partial charge in [-0.2, -0.15) is 0 Å². The lowest BCUT2D eigenvalue weighted by Crippen LogP contribution is -2.37. The van der Waals surface area contributed by atoms with Crippen molar-refractivity contribution in [2.24, 2.45) is 0 Å². The quantitative estimate of drug-likeness (QED) is 0.386. The average Bonchev–Trinajstić information content (AvgIpc) is 2.57. The van der Waals surface area contributed by atoms with E-state index in [0.29, 0.717) is 0 Å². The Kier molecular flexibility index (Phi) is 7.00. The van der Waals surface area contributed by atoms with E-state index in [2.05, 4.69) is 45.0 Å². The van der Waals surface area contributed by atoms with Gasteiger partial charge in [0.05, 0.1) is 14.7 Å². The summed E-state index contributed by atoms with van der Waals surface area (Å²) in [6, 6.07) is 14.9. The molecule has 1 fully saturated rings. The fourth-order valence-corrected chi connectivity index (χ4v) is 8.91. The van der Waals surface area contributed by atoms with Crippen LogP contribution in [-0.2, 0) is 0 Å². The molecule has 1 aliphatic rings. The first-order chi connectivity index (χ1) is 10.7. The molecule has 22 heavy (non-hydrogen) atoms. The number of para-hydroxylation sites is 1. The summed E-state index contributed by atoms with van der Waals surface area (Å²) in [5, 5.41) is 0. The SMILES string of the molecule is CCCCC[Si@]1(CC)CC[C@@H](c2ccccc2OCC)CC1. The summed E-state index contributed by atoms with van der Waals surface area (Å²) in [5.74, 6) is 1.87. The van der Waals surface area contributed by atoms with Gasteiger partial charge in [-0.05, 0) is 37.3 Å². The van der Waals surface area contributed by atoms with E-state index in [4.69, 9.17) is 4.74 Å². The molecule has 0 saturated carbocycles. The van der Waals surface area contributed by atoms with E-state index in [1.807, 2.05) is 0 Å². The maximum Gasteiger partial charge on any atom is 0.122 e. The molecule has 0 bridgehead atoms. The highest BCUT2D eigenvalue weighted by atomic mass is 28.3. The molecule has 0 N–H and O–H groups in total. The van der Waals surface area contributed by atoms with Gasteiger partial charge in [-0.15, -0.1) is 0 Å². The van der Waals surface area contributed by atoms with Crippen molar-refractivity contribution in [2.75, 3.05) is 6.61 Å². The Morgan fingerprint density at radius 3 is 2.41 bits per heavy atom. The smallest absolute Gasteiger partial charge is 0.122 e. The minimum atomic E-state index is -0.945. The van der Waals surface area contributed by atoms with Crippen LogP contribution in [0.25, 0.3) is 0 Å².